The maximum atomic E-state index is 12.2. The Hall–Kier alpha value is -0.460. The maximum absolute atomic E-state index is 12.2. The first-order valence-electron chi connectivity index (χ1n) is 7.99. The van der Waals surface area contributed by atoms with Crippen LogP contribution in [0.1, 0.15) is 52.4 Å². The number of hydrogen-bond acceptors (Lipinski definition) is 5. The number of β-amino-alcohol motifs (C(OH)–C–C–N with tert-alkyl or cyclic N) is 1. The standard InChI is InChI=1S/C14H28NO6P/c1-3-5-6-7-8-14(17)15-10-13(16)9-12(15)11-21-22(18,19)20-4-2/h12-13,16H,3-11H2,1-2H3,(H,18,19)/t12-,13+/m0/s1. The number of phosphoric ester groups is 1. The second kappa shape index (κ2) is 9.63. The van der Waals surface area contributed by atoms with Crippen molar-refractivity contribution in [1.29, 1.82) is 0 Å². The fourth-order valence-electron chi connectivity index (χ4n) is 2.58. The van der Waals surface area contributed by atoms with E-state index in [9.17, 15) is 19.4 Å². The fourth-order valence-corrected chi connectivity index (χ4v) is 3.34. The first-order chi connectivity index (χ1) is 10.4. The summed E-state index contributed by atoms with van der Waals surface area (Å²) in [6.45, 7) is 3.92. The van der Waals surface area contributed by atoms with Gasteiger partial charge in [0.05, 0.1) is 25.4 Å². The number of hydrogen-bond donors (Lipinski definition) is 2. The number of rotatable bonds is 10. The normalized spacial score (nSPS) is 24.5. The molecule has 1 heterocycles. The smallest absolute Gasteiger partial charge is 0.391 e. The molecule has 7 nitrogen and oxygen atoms in total. The first kappa shape index (κ1) is 19.6. The summed E-state index contributed by atoms with van der Waals surface area (Å²) in [5.74, 6) is -0.0366. The lowest BCUT2D eigenvalue weighted by Crippen LogP contribution is -2.38. The van der Waals surface area contributed by atoms with Crippen molar-refractivity contribution >= 4 is 13.7 Å². The molecule has 1 fully saturated rings. The van der Waals surface area contributed by atoms with Crippen molar-refractivity contribution in [3.05, 3.63) is 0 Å². The van der Waals surface area contributed by atoms with Crippen molar-refractivity contribution in [2.75, 3.05) is 19.8 Å². The molecule has 8 heteroatoms. The van der Waals surface area contributed by atoms with Crippen molar-refractivity contribution < 1.29 is 28.4 Å². The number of nitrogens with zero attached hydrogens (tertiary/aromatic N) is 1. The molecule has 130 valence electrons. The molecule has 1 rings (SSSR count). The fraction of sp³-hybridized carbons (Fsp3) is 0.929. The molecule has 0 aromatic carbocycles. The summed E-state index contributed by atoms with van der Waals surface area (Å²) in [4.78, 5) is 23.2. The molecule has 22 heavy (non-hydrogen) atoms. The molecule has 0 aromatic heterocycles. The summed E-state index contributed by atoms with van der Waals surface area (Å²) in [6, 6.07) is -0.380. The summed E-state index contributed by atoms with van der Waals surface area (Å²) in [5, 5.41) is 9.75. The summed E-state index contributed by atoms with van der Waals surface area (Å²) in [7, 11) is -4.07. The van der Waals surface area contributed by atoms with Crippen LogP contribution in [0.15, 0.2) is 0 Å². The lowest BCUT2D eigenvalue weighted by molar-refractivity contribution is -0.133. The Morgan fingerprint density at radius 1 is 1.27 bits per heavy atom. The lowest BCUT2D eigenvalue weighted by atomic mass is 10.1. The molecule has 0 aromatic rings. The molecule has 0 saturated carbocycles. The van der Waals surface area contributed by atoms with E-state index in [0.717, 1.165) is 25.7 Å². The van der Waals surface area contributed by atoms with Crippen LogP contribution in [-0.2, 0) is 18.4 Å². The Bertz CT molecular complexity index is 392. The molecule has 0 bridgehead atoms. The van der Waals surface area contributed by atoms with Crippen LogP contribution in [0.5, 0.6) is 0 Å². The predicted octanol–water partition coefficient (Wildman–Crippen LogP) is 2.07. The van der Waals surface area contributed by atoms with Gasteiger partial charge < -0.3 is 14.9 Å². The van der Waals surface area contributed by atoms with E-state index in [1.54, 1.807) is 11.8 Å². The van der Waals surface area contributed by atoms with Crippen LogP contribution in [0, 0.1) is 0 Å². The van der Waals surface area contributed by atoms with E-state index in [4.69, 9.17) is 4.52 Å². The van der Waals surface area contributed by atoms with E-state index in [-0.39, 0.29) is 31.7 Å². The van der Waals surface area contributed by atoms with Gasteiger partial charge in [0, 0.05) is 13.0 Å². The SMILES string of the molecule is CCCCCCC(=O)N1C[C@H](O)C[C@H]1COP(=O)(O)OCC. The van der Waals surface area contributed by atoms with Gasteiger partial charge >= 0.3 is 7.82 Å². The van der Waals surface area contributed by atoms with Crippen molar-refractivity contribution in [3.8, 4) is 0 Å². The number of carbonyl (C=O) groups excluding carboxylic acids is 1. The number of carbonyl (C=O) groups is 1. The highest BCUT2D eigenvalue weighted by Gasteiger charge is 2.35. The third-order valence-corrected chi connectivity index (χ3v) is 4.74. The van der Waals surface area contributed by atoms with Crippen molar-refractivity contribution in [2.24, 2.45) is 0 Å². The van der Waals surface area contributed by atoms with Gasteiger partial charge in [-0.2, -0.15) is 0 Å². The number of phosphoric acid groups is 1. The maximum Gasteiger partial charge on any atom is 0.472 e. The van der Waals surface area contributed by atoms with Crippen molar-refractivity contribution in [1.82, 2.24) is 4.90 Å². The van der Waals surface area contributed by atoms with E-state index in [1.165, 1.54) is 0 Å². The second-order valence-corrected chi connectivity index (χ2v) is 7.04. The number of unbranched alkanes of at least 4 members (excludes halogenated alkanes) is 3. The minimum atomic E-state index is -4.07. The molecule has 3 atom stereocenters. The molecule has 0 spiro atoms. The van der Waals surface area contributed by atoms with E-state index in [1.807, 2.05) is 0 Å². The van der Waals surface area contributed by atoms with E-state index < -0.39 is 13.9 Å². The number of aliphatic hydroxyl groups is 1. The molecule has 1 unspecified atom stereocenters. The summed E-state index contributed by atoms with van der Waals surface area (Å²) in [6.07, 6.45) is 4.22. The number of aliphatic hydroxyl groups excluding tert-OH is 1. The quantitative estimate of drug-likeness (QED) is 0.468. The van der Waals surface area contributed by atoms with Gasteiger partial charge in [-0.05, 0) is 19.8 Å². The Kier molecular flexibility index (Phi) is 8.57. The van der Waals surface area contributed by atoms with Gasteiger partial charge in [0.2, 0.25) is 5.91 Å². The van der Waals surface area contributed by atoms with Gasteiger partial charge in [0.25, 0.3) is 0 Å². The van der Waals surface area contributed by atoms with Gasteiger partial charge in [-0.15, -0.1) is 0 Å². The first-order valence-corrected chi connectivity index (χ1v) is 9.48. The molecule has 1 aliphatic heterocycles. The molecule has 1 aliphatic rings. The minimum Gasteiger partial charge on any atom is -0.391 e. The lowest BCUT2D eigenvalue weighted by Gasteiger charge is -2.25. The topological polar surface area (TPSA) is 96.3 Å². The highest BCUT2D eigenvalue weighted by molar-refractivity contribution is 7.47. The van der Waals surface area contributed by atoms with Crippen LogP contribution in [-0.4, -0.2) is 52.7 Å². The van der Waals surface area contributed by atoms with Crippen molar-refractivity contribution in [2.45, 2.75) is 64.5 Å². The summed E-state index contributed by atoms with van der Waals surface area (Å²) < 4.78 is 21.1. The van der Waals surface area contributed by atoms with Gasteiger partial charge in [-0.1, -0.05) is 26.2 Å². The molecule has 0 radical (unpaired) electrons. The second-order valence-electron chi connectivity index (χ2n) is 5.58. The summed E-state index contributed by atoms with van der Waals surface area (Å²) in [5.41, 5.74) is 0. The van der Waals surface area contributed by atoms with Crippen molar-refractivity contribution in [3.63, 3.8) is 0 Å². The third-order valence-electron chi connectivity index (χ3n) is 3.68. The van der Waals surface area contributed by atoms with Crippen LogP contribution in [0.4, 0.5) is 0 Å². The number of amides is 1. The van der Waals surface area contributed by atoms with Gasteiger partial charge in [0.15, 0.2) is 0 Å². The Morgan fingerprint density at radius 2 is 2.00 bits per heavy atom. The van der Waals surface area contributed by atoms with E-state index >= 15 is 0 Å². The monoisotopic (exact) mass is 337 g/mol. The molecular formula is C14H28NO6P. The largest absolute Gasteiger partial charge is 0.472 e. The zero-order valence-corrected chi connectivity index (χ0v) is 14.3. The number of likely N-dealkylation sites (tertiary alicyclic amines) is 1. The van der Waals surface area contributed by atoms with Crippen LogP contribution in [0.25, 0.3) is 0 Å². The molecular weight excluding hydrogens is 309 g/mol. The van der Waals surface area contributed by atoms with Crippen LogP contribution in [0.3, 0.4) is 0 Å². The predicted molar refractivity (Wildman–Crippen MR) is 82.3 cm³/mol. The molecule has 2 N–H and O–H groups in total. The highest BCUT2D eigenvalue weighted by atomic mass is 31.2. The Balaban J connectivity index is 2.46. The zero-order chi connectivity index (χ0) is 16.6. The van der Waals surface area contributed by atoms with Gasteiger partial charge in [0.1, 0.15) is 0 Å². The average molecular weight is 337 g/mol. The Labute approximate surface area is 132 Å². The van der Waals surface area contributed by atoms with Crippen LogP contribution < -0.4 is 0 Å². The van der Waals surface area contributed by atoms with Gasteiger partial charge in [-0.3, -0.25) is 13.8 Å². The molecule has 1 saturated heterocycles. The average Bonchev–Trinajstić information content (AvgIpc) is 2.82. The Morgan fingerprint density at radius 3 is 2.64 bits per heavy atom. The zero-order valence-electron chi connectivity index (χ0n) is 13.4. The third kappa shape index (κ3) is 6.75. The van der Waals surface area contributed by atoms with E-state index in [0.29, 0.717) is 12.8 Å². The van der Waals surface area contributed by atoms with Crippen LogP contribution >= 0.6 is 7.82 Å². The van der Waals surface area contributed by atoms with Crippen LogP contribution in [0.2, 0.25) is 0 Å². The minimum absolute atomic E-state index is 0.0366. The highest BCUT2D eigenvalue weighted by Crippen LogP contribution is 2.43. The molecule has 0 aliphatic carbocycles. The molecule has 1 amide bonds. The summed E-state index contributed by atoms with van der Waals surface area (Å²) >= 11 is 0. The van der Waals surface area contributed by atoms with Gasteiger partial charge in [-0.25, -0.2) is 4.57 Å². The van der Waals surface area contributed by atoms with E-state index in [2.05, 4.69) is 11.4 Å².